The van der Waals surface area contributed by atoms with Crippen molar-refractivity contribution in [2.24, 2.45) is 0 Å². The average Bonchev–Trinajstić information content (AvgIpc) is 3.10. The van der Waals surface area contributed by atoms with Crippen LogP contribution in [-0.4, -0.2) is 28.1 Å². The number of nitrogens with zero attached hydrogens (tertiary/aromatic N) is 3. The first-order valence-electron chi connectivity index (χ1n) is 8.24. The molecule has 0 atom stereocenters. The number of aromatic nitrogens is 3. The van der Waals surface area contributed by atoms with Gasteiger partial charge in [0.15, 0.2) is 0 Å². The molecule has 1 heterocycles. The van der Waals surface area contributed by atoms with Gasteiger partial charge in [-0.3, -0.25) is 0 Å². The third-order valence-electron chi connectivity index (χ3n) is 4.13. The first-order valence-corrected chi connectivity index (χ1v) is 8.24. The Morgan fingerprint density at radius 3 is 2.36 bits per heavy atom. The number of esters is 1. The Balaban J connectivity index is 1.72. The monoisotopic (exact) mass is 335 g/mol. The zero-order chi connectivity index (χ0) is 17.8. The number of carbonyl (C=O) groups is 1. The Labute approximate surface area is 147 Å². The summed E-state index contributed by atoms with van der Waals surface area (Å²) in [5.74, 6) is 0.181. The number of carbonyl (C=O) groups excluding carboxylic acids is 1. The number of ether oxygens (including phenoxy) is 1. The summed E-state index contributed by atoms with van der Waals surface area (Å²) in [5, 5.41) is 8.41. The molecule has 1 aromatic heterocycles. The third-order valence-corrected chi connectivity index (χ3v) is 4.13. The lowest BCUT2D eigenvalue weighted by Gasteiger charge is -2.06. The number of methoxy groups -OCH3 is 1. The van der Waals surface area contributed by atoms with Crippen LogP contribution < -0.4 is 0 Å². The van der Waals surface area contributed by atoms with E-state index in [4.69, 9.17) is 4.74 Å². The maximum atomic E-state index is 11.5. The van der Waals surface area contributed by atoms with E-state index in [0.29, 0.717) is 18.0 Å². The van der Waals surface area contributed by atoms with Crippen LogP contribution in [0.1, 0.15) is 41.3 Å². The van der Waals surface area contributed by atoms with Crippen molar-refractivity contribution in [3.8, 4) is 11.3 Å². The smallest absolute Gasteiger partial charge is 0.337 e. The van der Waals surface area contributed by atoms with E-state index in [-0.39, 0.29) is 5.97 Å². The van der Waals surface area contributed by atoms with Crippen LogP contribution in [0.5, 0.6) is 0 Å². The topological polar surface area (TPSA) is 57.0 Å². The van der Waals surface area contributed by atoms with Crippen LogP contribution in [-0.2, 0) is 11.3 Å². The van der Waals surface area contributed by atoms with Crippen LogP contribution in [0.3, 0.4) is 0 Å². The Morgan fingerprint density at radius 2 is 1.76 bits per heavy atom. The molecular formula is C20H21N3O2. The van der Waals surface area contributed by atoms with E-state index < -0.39 is 0 Å². The second kappa shape index (κ2) is 7.30. The first-order chi connectivity index (χ1) is 12.1. The van der Waals surface area contributed by atoms with Crippen LogP contribution in [0, 0.1) is 0 Å². The Hall–Kier alpha value is -2.95. The maximum absolute atomic E-state index is 11.5. The molecule has 0 aliphatic carbocycles. The second-order valence-corrected chi connectivity index (χ2v) is 6.27. The van der Waals surface area contributed by atoms with Crippen LogP contribution in [0.15, 0.2) is 54.7 Å². The molecular weight excluding hydrogens is 314 g/mol. The lowest BCUT2D eigenvalue weighted by Crippen LogP contribution is -2.00. The maximum Gasteiger partial charge on any atom is 0.337 e. The predicted molar refractivity (Wildman–Crippen MR) is 96.4 cm³/mol. The van der Waals surface area contributed by atoms with Crippen molar-refractivity contribution in [1.29, 1.82) is 0 Å². The van der Waals surface area contributed by atoms with Gasteiger partial charge in [-0.05, 0) is 29.2 Å². The minimum atomic E-state index is -0.347. The minimum Gasteiger partial charge on any atom is -0.465 e. The molecule has 0 radical (unpaired) electrons. The lowest BCUT2D eigenvalue weighted by atomic mass is 10.0. The summed E-state index contributed by atoms with van der Waals surface area (Å²) >= 11 is 0. The number of rotatable bonds is 5. The summed E-state index contributed by atoms with van der Waals surface area (Å²) in [7, 11) is 1.37. The van der Waals surface area contributed by atoms with Crippen molar-refractivity contribution >= 4 is 5.97 Å². The molecule has 3 rings (SSSR count). The third kappa shape index (κ3) is 3.94. The molecule has 0 aliphatic rings. The molecule has 0 saturated heterocycles. The van der Waals surface area contributed by atoms with Gasteiger partial charge < -0.3 is 4.74 Å². The summed E-state index contributed by atoms with van der Waals surface area (Å²) in [5.41, 5.74) is 4.71. The van der Waals surface area contributed by atoms with E-state index in [2.05, 4.69) is 48.4 Å². The summed E-state index contributed by atoms with van der Waals surface area (Å²) in [6.45, 7) is 5.04. The largest absolute Gasteiger partial charge is 0.465 e. The summed E-state index contributed by atoms with van der Waals surface area (Å²) in [6, 6.07) is 15.7. The number of hydrogen-bond acceptors (Lipinski definition) is 4. The van der Waals surface area contributed by atoms with Gasteiger partial charge in [-0.2, -0.15) is 0 Å². The second-order valence-electron chi connectivity index (χ2n) is 6.27. The van der Waals surface area contributed by atoms with Crippen molar-refractivity contribution in [2.45, 2.75) is 26.3 Å². The highest BCUT2D eigenvalue weighted by molar-refractivity contribution is 5.89. The molecule has 0 fully saturated rings. The van der Waals surface area contributed by atoms with Crippen molar-refractivity contribution in [3.05, 3.63) is 71.4 Å². The average molecular weight is 335 g/mol. The SMILES string of the molecule is COC(=O)c1ccc(-c2cn(Cc3ccc(C(C)C)cc3)nn2)cc1. The standard InChI is InChI=1S/C20H21N3O2/c1-14(2)16-6-4-15(5-7-16)12-23-13-19(21-22-23)17-8-10-18(11-9-17)20(24)25-3/h4-11,13-14H,12H2,1-3H3. The Bertz CT molecular complexity index is 849. The number of benzene rings is 2. The van der Waals surface area contributed by atoms with Gasteiger partial charge in [-0.25, -0.2) is 9.48 Å². The molecule has 0 aliphatic heterocycles. The molecule has 0 spiro atoms. The quantitative estimate of drug-likeness (QED) is 0.664. The van der Waals surface area contributed by atoms with Crippen molar-refractivity contribution in [1.82, 2.24) is 15.0 Å². The molecule has 0 unspecified atom stereocenters. The molecule has 2 aromatic carbocycles. The molecule has 128 valence electrons. The summed E-state index contributed by atoms with van der Waals surface area (Å²) in [4.78, 5) is 11.5. The molecule has 0 N–H and O–H groups in total. The van der Waals surface area contributed by atoms with E-state index in [1.165, 1.54) is 18.2 Å². The van der Waals surface area contributed by atoms with E-state index in [0.717, 1.165) is 11.3 Å². The molecule has 25 heavy (non-hydrogen) atoms. The van der Waals surface area contributed by atoms with Gasteiger partial charge in [0.05, 0.1) is 25.4 Å². The highest BCUT2D eigenvalue weighted by Crippen LogP contribution is 2.18. The fourth-order valence-electron chi connectivity index (χ4n) is 2.60. The highest BCUT2D eigenvalue weighted by Gasteiger charge is 2.08. The van der Waals surface area contributed by atoms with E-state index in [1.807, 2.05) is 23.0 Å². The Morgan fingerprint density at radius 1 is 1.08 bits per heavy atom. The van der Waals surface area contributed by atoms with Gasteiger partial charge in [0.1, 0.15) is 5.69 Å². The van der Waals surface area contributed by atoms with Gasteiger partial charge in [-0.1, -0.05) is 55.5 Å². The molecule has 5 nitrogen and oxygen atoms in total. The van der Waals surface area contributed by atoms with Gasteiger partial charge >= 0.3 is 5.97 Å². The zero-order valence-corrected chi connectivity index (χ0v) is 14.6. The van der Waals surface area contributed by atoms with Crippen LogP contribution in [0.25, 0.3) is 11.3 Å². The highest BCUT2D eigenvalue weighted by atomic mass is 16.5. The van der Waals surface area contributed by atoms with Crippen molar-refractivity contribution < 1.29 is 9.53 Å². The van der Waals surface area contributed by atoms with Crippen LogP contribution in [0.4, 0.5) is 0 Å². The first kappa shape index (κ1) is 16.9. The van der Waals surface area contributed by atoms with E-state index >= 15 is 0 Å². The molecule has 3 aromatic rings. The van der Waals surface area contributed by atoms with Gasteiger partial charge in [0.2, 0.25) is 0 Å². The minimum absolute atomic E-state index is 0.347. The Kier molecular flexibility index (Phi) is 4.93. The normalized spacial score (nSPS) is 10.9. The summed E-state index contributed by atoms with van der Waals surface area (Å²) in [6.07, 6.45) is 1.91. The van der Waals surface area contributed by atoms with Crippen LogP contribution in [0.2, 0.25) is 0 Å². The van der Waals surface area contributed by atoms with Gasteiger partial charge in [-0.15, -0.1) is 5.10 Å². The van der Waals surface area contributed by atoms with Gasteiger partial charge in [0.25, 0.3) is 0 Å². The van der Waals surface area contributed by atoms with Crippen LogP contribution >= 0.6 is 0 Å². The predicted octanol–water partition coefficient (Wildman–Crippen LogP) is 3.90. The molecule has 0 bridgehead atoms. The molecule has 0 amide bonds. The molecule has 5 heteroatoms. The van der Waals surface area contributed by atoms with E-state index in [1.54, 1.807) is 12.1 Å². The summed E-state index contributed by atoms with van der Waals surface area (Å²) < 4.78 is 6.52. The fourth-order valence-corrected chi connectivity index (χ4v) is 2.60. The van der Waals surface area contributed by atoms with Crippen molar-refractivity contribution in [3.63, 3.8) is 0 Å². The number of hydrogen-bond donors (Lipinski definition) is 0. The van der Waals surface area contributed by atoms with E-state index in [9.17, 15) is 4.79 Å². The van der Waals surface area contributed by atoms with Gasteiger partial charge in [0, 0.05) is 5.56 Å². The zero-order valence-electron chi connectivity index (χ0n) is 14.6. The lowest BCUT2D eigenvalue weighted by molar-refractivity contribution is 0.0601. The molecule has 0 saturated carbocycles. The fraction of sp³-hybridized carbons (Fsp3) is 0.250. The van der Waals surface area contributed by atoms with Crippen molar-refractivity contribution in [2.75, 3.05) is 7.11 Å².